The third-order valence-corrected chi connectivity index (χ3v) is 4.80. The fraction of sp³-hybridized carbons (Fsp3) is 0.500. The molecular weight excluding hydrogens is 370 g/mol. The van der Waals surface area contributed by atoms with E-state index in [-0.39, 0.29) is 22.8 Å². The van der Waals surface area contributed by atoms with Gasteiger partial charge in [0.2, 0.25) is 0 Å². The van der Waals surface area contributed by atoms with Gasteiger partial charge in [0, 0.05) is 49.6 Å². The second-order valence-corrected chi connectivity index (χ2v) is 6.60. The summed E-state index contributed by atoms with van der Waals surface area (Å²) < 4.78 is 38.0. The lowest BCUT2D eigenvalue weighted by Gasteiger charge is -2.31. The van der Waals surface area contributed by atoms with Crippen molar-refractivity contribution in [2.24, 2.45) is 0 Å². The molecule has 0 amide bonds. The van der Waals surface area contributed by atoms with Gasteiger partial charge in [-0.05, 0) is 6.07 Å². The summed E-state index contributed by atoms with van der Waals surface area (Å²) in [6.45, 7) is 5.11. The maximum Gasteiger partial charge on any atom is 0.264 e. The number of halogens is 2. The van der Waals surface area contributed by atoms with E-state index in [0.29, 0.717) is 64.2 Å². The average Bonchev–Trinajstić information content (AvgIpc) is 2.74. The summed E-state index contributed by atoms with van der Waals surface area (Å²) >= 11 is 0. The standard InChI is InChI=1S/C18H22F2N6O2/c19-17(20)12-9-14(21)22-11-13(12)18-23-15(25-1-5-27-6-2-25)10-16(24-18)26-3-7-28-8-4-26/h9-11,17H,1-8H2,(H2,21,22). The van der Waals surface area contributed by atoms with Gasteiger partial charge in [-0.3, -0.25) is 0 Å². The van der Waals surface area contributed by atoms with Crippen LogP contribution in [0.2, 0.25) is 0 Å². The topological polar surface area (TPSA) is 89.6 Å². The van der Waals surface area contributed by atoms with E-state index in [2.05, 4.69) is 24.8 Å². The first-order valence-electron chi connectivity index (χ1n) is 9.20. The molecule has 28 heavy (non-hydrogen) atoms. The highest BCUT2D eigenvalue weighted by molar-refractivity contribution is 5.66. The van der Waals surface area contributed by atoms with Crippen molar-refractivity contribution in [3.8, 4) is 11.4 Å². The van der Waals surface area contributed by atoms with E-state index in [1.54, 1.807) is 0 Å². The second-order valence-electron chi connectivity index (χ2n) is 6.60. The summed E-state index contributed by atoms with van der Waals surface area (Å²) in [6.07, 6.45) is -1.39. The Morgan fingerprint density at radius 2 is 1.43 bits per heavy atom. The van der Waals surface area contributed by atoms with Crippen molar-refractivity contribution in [3.05, 3.63) is 23.9 Å². The minimum Gasteiger partial charge on any atom is -0.384 e. The molecule has 4 rings (SSSR count). The predicted octanol–water partition coefficient (Wildman–Crippen LogP) is 1.73. The fourth-order valence-corrected chi connectivity index (χ4v) is 3.31. The summed E-state index contributed by atoms with van der Waals surface area (Å²) in [5.74, 6) is 1.63. The lowest BCUT2D eigenvalue weighted by Crippen LogP contribution is -2.39. The minimum absolute atomic E-state index is 0.0387. The highest BCUT2D eigenvalue weighted by Crippen LogP contribution is 2.32. The number of rotatable bonds is 4. The minimum atomic E-state index is -2.71. The third kappa shape index (κ3) is 3.97. The molecule has 2 fully saturated rings. The monoisotopic (exact) mass is 392 g/mol. The van der Waals surface area contributed by atoms with Crippen LogP contribution in [0.25, 0.3) is 11.4 Å². The smallest absolute Gasteiger partial charge is 0.264 e. The van der Waals surface area contributed by atoms with E-state index >= 15 is 0 Å². The number of alkyl halides is 2. The van der Waals surface area contributed by atoms with Crippen molar-refractivity contribution in [2.75, 3.05) is 68.1 Å². The van der Waals surface area contributed by atoms with Crippen molar-refractivity contribution in [1.82, 2.24) is 15.0 Å². The molecule has 0 aliphatic carbocycles. The van der Waals surface area contributed by atoms with Crippen molar-refractivity contribution in [2.45, 2.75) is 6.43 Å². The first-order chi connectivity index (χ1) is 13.6. The molecule has 0 unspecified atom stereocenters. The van der Waals surface area contributed by atoms with Gasteiger partial charge in [-0.2, -0.15) is 0 Å². The number of morpholine rings is 2. The Bertz CT molecular complexity index is 789. The van der Waals surface area contributed by atoms with Gasteiger partial charge in [-0.15, -0.1) is 0 Å². The van der Waals surface area contributed by atoms with Gasteiger partial charge in [0.25, 0.3) is 6.43 Å². The Hall–Kier alpha value is -2.59. The molecule has 4 heterocycles. The van der Waals surface area contributed by atoms with Crippen LogP contribution in [0.3, 0.4) is 0 Å². The van der Waals surface area contributed by atoms with Crippen LogP contribution in [0, 0.1) is 0 Å². The van der Waals surface area contributed by atoms with E-state index in [9.17, 15) is 8.78 Å². The van der Waals surface area contributed by atoms with E-state index in [1.165, 1.54) is 12.3 Å². The molecule has 2 N–H and O–H groups in total. The molecule has 150 valence electrons. The van der Waals surface area contributed by atoms with Crippen LogP contribution in [0.15, 0.2) is 18.3 Å². The van der Waals surface area contributed by atoms with Crippen molar-refractivity contribution in [1.29, 1.82) is 0 Å². The largest absolute Gasteiger partial charge is 0.384 e. The van der Waals surface area contributed by atoms with Crippen LogP contribution in [0.4, 0.5) is 26.2 Å². The molecule has 2 aromatic heterocycles. The second kappa shape index (κ2) is 8.19. The Morgan fingerprint density at radius 3 is 1.93 bits per heavy atom. The maximum absolute atomic E-state index is 13.6. The molecule has 2 saturated heterocycles. The fourth-order valence-electron chi connectivity index (χ4n) is 3.31. The maximum atomic E-state index is 13.6. The van der Waals surface area contributed by atoms with E-state index < -0.39 is 6.43 Å². The van der Waals surface area contributed by atoms with Crippen LogP contribution in [0.1, 0.15) is 12.0 Å². The van der Waals surface area contributed by atoms with E-state index in [1.807, 2.05) is 6.07 Å². The van der Waals surface area contributed by atoms with Crippen LogP contribution in [-0.4, -0.2) is 67.6 Å². The number of nitrogens with zero attached hydrogens (tertiary/aromatic N) is 5. The Balaban J connectivity index is 1.79. The SMILES string of the molecule is Nc1cc(C(F)F)c(-c2nc(N3CCOCC3)cc(N3CCOCC3)n2)cn1. The molecule has 0 aromatic carbocycles. The van der Waals surface area contributed by atoms with Crippen LogP contribution in [0.5, 0.6) is 0 Å². The number of nitrogens with two attached hydrogens (primary N) is 1. The number of hydrogen-bond acceptors (Lipinski definition) is 8. The number of pyridine rings is 1. The van der Waals surface area contributed by atoms with Crippen LogP contribution >= 0.6 is 0 Å². The Kier molecular flexibility index (Phi) is 5.49. The quantitative estimate of drug-likeness (QED) is 0.842. The molecular formula is C18H22F2N6O2. The number of hydrogen-bond donors (Lipinski definition) is 1. The molecule has 2 aliphatic heterocycles. The molecule has 0 atom stereocenters. The summed E-state index contributed by atoms with van der Waals surface area (Å²) in [7, 11) is 0. The van der Waals surface area contributed by atoms with Gasteiger partial charge < -0.3 is 25.0 Å². The normalized spacial score (nSPS) is 18.0. The molecule has 0 bridgehead atoms. The van der Waals surface area contributed by atoms with Crippen molar-refractivity contribution in [3.63, 3.8) is 0 Å². The van der Waals surface area contributed by atoms with Gasteiger partial charge in [-0.1, -0.05) is 0 Å². The lowest BCUT2D eigenvalue weighted by atomic mass is 10.1. The zero-order valence-corrected chi connectivity index (χ0v) is 15.4. The summed E-state index contributed by atoms with van der Waals surface area (Å²) in [6, 6.07) is 3.08. The number of nitrogen functional groups attached to an aromatic ring is 1. The lowest BCUT2D eigenvalue weighted by molar-refractivity contribution is 0.122. The summed E-state index contributed by atoms with van der Waals surface area (Å²) in [5, 5.41) is 0. The molecule has 10 heteroatoms. The molecule has 0 saturated carbocycles. The number of anilines is 3. The van der Waals surface area contributed by atoms with Gasteiger partial charge in [0.05, 0.1) is 26.4 Å². The van der Waals surface area contributed by atoms with E-state index in [4.69, 9.17) is 15.2 Å². The van der Waals surface area contributed by atoms with Gasteiger partial charge in [0.1, 0.15) is 17.5 Å². The zero-order chi connectivity index (χ0) is 19.5. The number of ether oxygens (including phenoxy) is 2. The Labute approximate surface area is 161 Å². The Morgan fingerprint density at radius 1 is 0.893 bits per heavy atom. The van der Waals surface area contributed by atoms with Crippen LogP contribution in [-0.2, 0) is 9.47 Å². The first-order valence-corrected chi connectivity index (χ1v) is 9.20. The van der Waals surface area contributed by atoms with Crippen molar-refractivity contribution >= 4 is 17.5 Å². The third-order valence-electron chi connectivity index (χ3n) is 4.80. The molecule has 0 radical (unpaired) electrons. The van der Waals surface area contributed by atoms with E-state index in [0.717, 1.165) is 0 Å². The molecule has 2 aromatic rings. The van der Waals surface area contributed by atoms with Gasteiger partial charge >= 0.3 is 0 Å². The molecule has 2 aliphatic rings. The zero-order valence-electron chi connectivity index (χ0n) is 15.4. The van der Waals surface area contributed by atoms with Crippen LogP contribution < -0.4 is 15.5 Å². The highest BCUT2D eigenvalue weighted by atomic mass is 19.3. The van der Waals surface area contributed by atoms with Gasteiger partial charge in [-0.25, -0.2) is 23.7 Å². The summed E-state index contributed by atoms with van der Waals surface area (Å²) in [5.41, 5.74) is 5.57. The average molecular weight is 392 g/mol. The van der Waals surface area contributed by atoms with Gasteiger partial charge in [0.15, 0.2) is 5.82 Å². The molecule has 8 nitrogen and oxygen atoms in total. The molecule has 0 spiro atoms. The van der Waals surface area contributed by atoms with Crippen molar-refractivity contribution < 1.29 is 18.3 Å². The summed E-state index contributed by atoms with van der Waals surface area (Å²) in [4.78, 5) is 17.3. The number of aromatic nitrogens is 3. The first kappa shape index (κ1) is 18.8. The highest BCUT2D eigenvalue weighted by Gasteiger charge is 2.23. The predicted molar refractivity (Wildman–Crippen MR) is 101 cm³/mol.